The molecule has 1 atom stereocenters. The Bertz CT molecular complexity index is 1150. The molecular weight excluding hydrogens is 463 g/mol. The lowest BCUT2D eigenvalue weighted by atomic mass is 9.50. The van der Waals surface area contributed by atoms with Crippen molar-refractivity contribution in [1.82, 2.24) is 14.5 Å². The maximum absolute atomic E-state index is 13.3. The molecule has 2 aromatic rings. The molecule has 4 saturated carbocycles. The average Bonchev–Trinajstić information content (AvgIpc) is 3.44. The molecule has 33 heavy (non-hydrogen) atoms. The standard InChI is InChI=1S/C23H27FN4O3S2/c24-17-3-5-18(6-4-17)33(30,31)28-7-1-2-19(28)20(29)25-22-27-26-21(32-22)23-11-14-8-15(12-23)10-16(9-14)13-23/h3-6,14-16,19H,1-2,7-13H2,(H,25,27,29)/t14?,15?,16?,19-,23?/m0/s1. The van der Waals surface area contributed by atoms with Crippen molar-refractivity contribution in [2.45, 2.75) is 67.7 Å². The van der Waals surface area contributed by atoms with Crippen molar-refractivity contribution >= 4 is 32.4 Å². The third kappa shape index (κ3) is 3.70. The molecule has 10 heteroatoms. The molecule has 4 bridgehead atoms. The third-order valence-electron chi connectivity index (χ3n) is 8.07. The van der Waals surface area contributed by atoms with Gasteiger partial charge in [0, 0.05) is 12.0 Å². The molecule has 5 aliphatic rings. The van der Waals surface area contributed by atoms with Crippen molar-refractivity contribution in [1.29, 1.82) is 0 Å². The molecule has 7 rings (SSSR count). The molecule has 1 aromatic carbocycles. The van der Waals surface area contributed by atoms with E-state index < -0.39 is 21.9 Å². The van der Waals surface area contributed by atoms with Gasteiger partial charge in [-0.3, -0.25) is 10.1 Å². The van der Waals surface area contributed by atoms with Crippen LogP contribution in [-0.4, -0.2) is 41.4 Å². The number of hydrogen-bond acceptors (Lipinski definition) is 6. The van der Waals surface area contributed by atoms with Crippen LogP contribution in [0.15, 0.2) is 29.2 Å². The van der Waals surface area contributed by atoms with E-state index in [0.29, 0.717) is 18.0 Å². The Labute approximate surface area is 196 Å². The van der Waals surface area contributed by atoms with Crippen LogP contribution in [0.5, 0.6) is 0 Å². The van der Waals surface area contributed by atoms with Crippen LogP contribution in [0, 0.1) is 23.6 Å². The number of carbonyl (C=O) groups is 1. The molecule has 5 fully saturated rings. The number of rotatable bonds is 5. The largest absolute Gasteiger partial charge is 0.299 e. The van der Waals surface area contributed by atoms with E-state index in [9.17, 15) is 17.6 Å². The number of carbonyl (C=O) groups excluding carboxylic acids is 1. The highest BCUT2D eigenvalue weighted by atomic mass is 32.2. The number of nitrogens with one attached hydrogen (secondary N) is 1. The van der Waals surface area contributed by atoms with Crippen LogP contribution in [0.2, 0.25) is 0 Å². The Morgan fingerprint density at radius 1 is 1.06 bits per heavy atom. The molecule has 1 amide bonds. The fraction of sp³-hybridized carbons (Fsp3) is 0.609. The monoisotopic (exact) mass is 490 g/mol. The molecule has 0 radical (unpaired) electrons. The van der Waals surface area contributed by atoms with Crippen molar-refractivity contribution in [2.75, 3.05) is 11.9 Å². The van der Waals surface area contributed by atoms with Crippen LogP contribution in [0.4, 0.5) is 9.52 Å². The molecule has 0 unspecified atom stereocenters. The predicted molar refractivity (Wildman–Crippen MR) is 122 cm³/mol. The minimum Gasteiger partial charge on any atom is -0.299 e. The fourth-order valence-corrected chi connectivity index (χ4v) is 9.70. The number of nitrogens with zero attached hydrogens (tertiary/aromatic N) is 3. The number of benzene rings is 1. The van der Waals surface area contributed by atoms with Crippen molar-refractivity contribution in [2.24, 2.45) is 17.8 Å². The molecule has 1 saturated heterocycles. The van der Waals surface area contributed by atoms with E-state index in [2.05, 4.69) is 15.5 Å². The number of aromatic nitrogens is 2. The van der Waals surface area contributed by atoms with E-state index in [1.54, 1.807) is 0 Å². The molecule has 1 aromatic heterocycles. The van der Waals surface area contributed by atoms with Gasteiger partial charge in [-0.2, -0.15) is 4.31 Å². The Morgan fingerprint density at radius 2 is 1.70 bits per heavy atom. The summed E-state index contributed by atoms with van der Waals surface area (Å²) in [5, 5.41) is 13.1. The van der Waals surface area contributed by atoms with Crippen LogP contribution in [0.1, 0.15) is 56.4 Å². The molecule has 7 nitrogen and oxygen atoms in total. The number of anilines is 1. The van der Waals surface area contributed by atoms with E-state index in [0.717, 1.165) is 34.9 Å². The second-order valence-electron chi connectivity index (χ2n) is 10.3. The molecule has 4 aliphatic carbocycles. The van der Waals surface area contributed by atoms with Gasteiger partial charge in [-0.25, -0.2) is 12.8 Å². The smallest absolute Gasteiger partial charge is 0.244 e. The van der Waals surface area contributed by atoms with E-state index in [4.69, 9.17) is 0 Å². The zero-order valence-corrected chi connectivity index (χ0v) is 19.9. The van der Waals surface area contributed by atoms with Crippen LogP contribution in [-0.2, 0) is 20.2 Å². The lowest BCUT2D eigenvalue weighted by Crippen LogP contribution is -2.48. The van der Waals surface area contributed by atoms with Gasteiger partial charge in [-0.15, -0.1) is 10.2 Å². The minimum absolute atomic E-state index is 0.0105. The number of sulfonamides is 1. The Kier molecular flexibility index (Phi) is 5.12. The normalized spacial score (nSPS) is 33.5. The van der Waals surface area contributed by atoms with Crippen molar-refractivity contribution in [3.05, 3.63) is 35.1 Å². The van der Waals surface area contributed by atoms with Gasteiger partial charge in [0.1, 0.15) is 16.9 Å². The number of halogens is 1. The second-order valence-corrected chi connectivity index (χ2v) is 13.2. The summed E-state index contributed by atoms with van der Waals surface area (Å²) in [4.78, 5) is 13.1. The zero-order chi connectivity index (χ0) is 22.8. The minimum atomic E-state index is -3.89. The zero-order valence-electron chi connectivity index (χ0n) is 18.2. The van der Waals surface area contributed by atoms with Gasteiger partial charge < -0.3 is 0 Å². The Morgan fingerprint density at radius 3 is 2.33 bits per heavy atom. The van der Waals surface area contributed by atoms with Crippen LogP contribution in [0.3, 0.4) is 0 Å². The van der Waals surface area contributed by atoms with Gasteiger partial charge in [-0.1, -0.05) is 11.3 Å². The Balaban J connectivity index is 1.19. The van der Waals surface area contributed by atoms with Gasteiger partial charge in [0.2, 0.25) is 21.1 Å². The van der Waals surface area contributed by atoms with Crippen LogP contribution in [0.25, 0.3) is 0 Å². The molecule has 2 heterocycles. The van der Waals surface area contributed by atoms with Gasteiger partial charge in [0.25, 0.3) is 0 Å². The quantitative estimate of drug-likeness (QED) is 0.686. The Hall–Kier alpha value is -1.91. The number of hydrogen-bond donors (Lipinski definition) is 1. The molecule has 1 N–H and O–H groups in total. The van der Waals surface area contributed by atoms with Gasteiger partial charge in [0.15, 0.2) is 0 Å². The molecular formula is C23H27FN4O3S2. The summed E-state index contributed by atoms with van der Waals surface area (Å²) >= 11 is 1.45. The first-order chi connectivity index (χ1) is 15.8. The maximum atomic E-state index is 13.3. The van der Waals surface area contributed by atoms with Crippen molar-refractivity contribution in [3.63, 3.8) is 0 Å². The van der Waals surface area contributed by atoms with Crippen molar-refractivity contribution in [3.8, 4) is 0 Å². The third-order valence-corrected chi connectivity index (χ3v) is 11.1. The SMILES string of the molecule is O=C(Nc1nnc(C23CC4CC(CC(C4)C2)C3)s1)[C@@H]1CCCN1S(=O)(=O)c1ccc(F)cc1. The van der Waals surface area contributed by atoms with Crippen LogP contribution >= 0.6 is 11.3 Å². The van der Waals surface area contributed by atoms with E-state index in [-0.39, 0.29) is 22.8 Å². The lowest BCUT2D eigenvalue weighted by molar-refractivity contribution is -0.119. The first-order valence-electron chi connectivity index (χ1n) is 11.7. The first-order valence-corrected chi connectivity index (χ1v) is 14.0. The summed E-state index contributed by atoms with van der Waals surface area (Å²) in [6.07, 6.45) is 8.60. The topological polar surface area (TPSA) is 92.3 Å². The van der Waals surface area contributed by atoms with Gasteiger partial charge in [-0.05, 0) is 93.4 Å². The highest BCUT2D eigenvalue weighted by molar-refractivity contribution is 7.89. The molecule has 176 valence electrons. The summed E-state index contributed by atoms with van der Waals surface area (Å²) in [6.45, 7) is 0.256. The summed E-state index contributed by atoms with van der Waals surface area (Å²) in [5.74, 6) is 1.49. The number of amides is 1. The first kappa shape index (κ1) is 21.6. The van der Waals surface area contributed by atoms with Gasteiger partial charge >= 0.3 is 0 Å². The molecule has 0 spiro atoms. The summed E-state index contributed by atoms with van der Waals surface area (Å²) in [6, 6.07) is 3.89. The van der Waals surface area contributed by atoms with E-state index in [1.807, 2.05) is 0 Å². The highest BCUT2D eigenvalue weighted by Gasteiger charge is 2.53. The predicted octanol–water partition coefficient (Wildman–Crippen LogP) is 3.94. The van der Waals surface area contributed by atoms with E-state index in [1.165, 1.54) is 66.3 Å². The van der Waals surface area contributed by atoms with Gasteiger partial charge in [0.05, 0.1) is 4.90 Å². The fourth-order valence-electron chi connectivity index (χ4n) is 7.08. The highest BCUT2D eigenvalue weighted by Crippen LogP contribution is 2.61. The lowest BCUT2D eigenvalue weighted by Gasteiger charge is -2.55. The molecule has 1 aliphatic heterocycles. The van der Waals surface area contributed by atoms with Crippen molar-refractivity contribution < 1.29 is 17.6 Å². The van der Waals surface area contributed by atoms with Crippen LogP contribution < -0.4 is 5.32 Å². The maximum Gasteiger partial charge on any atom is 0.244 e. The second kappa shape index (κ2) is 7.81. The summed E-state index contributed by atoms with van der Waals surface area (Å²) < 4.78 is 40.6. The summed E-state index contributed by atoms with van der Waals surface area (Å²) in [7, 11) is -3.89. The summed E-state index contributed by atoms with van der Waals surface area (Å²) in [5.41, 5.74) is 0.112. The average molecular weight is 491 g/mol. The van der Waals surface area contributed by atoms with E-state index >= 15 is 0 Å².